The van der Waals surface area contributed by atoms with E-state index in [2.05, 4.69) is 40.9 Å². The van der Waals surface area contributed by atoms with Crippen LogP contribution in [0, 0.1) is 0 Å². The lowest BCUT2D eigenvalue weighted by Crippen LogP contribution is -2.02. The van der Waals surface area contributed by atoms with E-state index in [-0.39, 0.29) is 22.1 Å². The maximum absolute atomic E-state index is 12.5. The average molecular weight is 798 g/mol. The molecule has 6 aromatic carbocycles. The van der Waals surface area contributed by atoms with Gasteiger partial charge >= 0.3 is 0 Å². The molecule has 56 heavy (non-hydrogen) atoms. The number of phenols is 1. The van der Waals surface area contributed by atoms with E-state index in [4.69, 9.17) is 28.7 Å². The monoisotopic (exact) mass is 797 g/mol. The molecule has 20 nitrogen and oxygen atoms in total. The van der Waals surface area contributed by atoms with Gasteiger partial charge in [0.25, 0.3) is 10.1 Å². The van der Waals surface area contributed by atoms with Crippen LogP contribution >= 0.6 is 10.9 Å². The zero-order valence-electron chi connectivity index (χ0n) is 28.6. The zero-order valence-corrected chi connectivity index (χ0v) is 30.2. The van der Waals surface area contributed by atoms with Crippen molar-refractivity contribution in [3.05, 3.63) is 97.1 Å². The summed E-state index contributed by atoms with van der Waals surface area (Å²) in [5.41, 5.74) is 31.5. The molecule has 0 fully saturated rings. The third-order valence-corrected chi connectivity index (χ3v) is 9.54. The maximum atomic E-state index is 12.5. The first-order chi connectivity index (χ1) is 26.5. The summed E-state index contributed by atoms with van der Waals surface area (Å²) >= 11 is 0. The number of azo groups is 4. The van der Waals surface area contributed by atoms with Gasteiger partial charge in [0.15, 0.2) is 5.75 Å². The van der Waals surface area contributed by atoms with Crippen LogP contribution in [0.25, 0.3) is 10.8 Å². The molecule has 0 aliphatic heterocycles. The van der Waals surface area contributed by atoms with E-state index in [9.17, 15) is 31.7 Å². The van der Waals surface area contributed by atoms with Gasteiger partial charge in [0, 0.05) is 11.4 Å². The molecular weight excluding hydrogens is 767 g/mol. The number of nitrogen functional groups attached to an aromatic ring is 5. The summed E-state index contributed by atoms with van der Waals surface area (Å²) in [6.07, 6.45) is 0. The summed E-state index contributed by atoms with van der Waals surface area (Å²) < 4.78 is 65.8. The molecule has 0 heterocycles. The summed E-state index contributed by atoms with van der Waals surface area (Å²) in [5.74, 6) is -0.878. The first-order valence-electron chi connectivity index (χ1n) is 15.8. The van der Waals surface area contributed by atoms with Crippen LogP contribution < -0.4 is 28.7 Å². The number of nitrogens with two attached hydrogens (primary N) is 5. The normalized spacial score (nSPS) is 12.9. The number of aromatic hydroxyl groups is 1. The van der Waals surface area contributed by atoms with Crippen molar-refractivity contribution in [2.45, 2.75) is 9.79 Å². The second-order valence-corrected chi connectivity index (χ2v) is 14.6. The van der Waals surface area contributed by atoms with E-state index in [0.717, 1.165) is 12.1 Å². The minimum atomic E-state index is -5.09. The fraction of sp³-hybridized carbons (Fsp3) is 0. The highest BCUT2D eigenvalue weighted by molar-refractivity contribution is 8.19. The number of phenolic OH excluding ortho intramolecular Hbond substituents is 1. The van der Waals surface area contributed by atoms with Gasteiger partial charge < -0.3 is 47.4 Å². The standard InChI is InChI=1S/C34H31N13O7S2/c35-18-1-11-26(24(37)15-18)44-40-20-3-7-22(8-4-20)42-46-32-28(55(49,50)51)13-17-14-29(56(52,53)54)33(34(48)30(17)31(32)39)47-43-23-9-5-21(6-10-23)41-45-27-12-2-19(36)16-25(27)38/h1-16,48-51H,35-39H2,(H,52,53,54). The highest BCUT2D eigenvalue weighted by Crippen LogP contribution is 2.55. The molecule has 0 atom stereocenters. The topological polar surface area (TPSA) is 364 Å². The molecular formula is C34H31N13O7S2. The second-order valence-electron chi connectivity index (χ2n) is 11.8. The molecule has 0 amide bonds. The van der Waals surface area contributed by atoms with Crippen molar-refractivity contribution in [1.29, 1.82) is 0 Å². The van der Waals surface area contributed by atoms with E-state index in [1.165, 1.54) is 42.5 Å². The van der Waals surface area contributed by atoms with E-state index in [1.54, 1.807) is 42.5 Å². The molecule has 0 radical (unpaired) electrons. The highest BCUT2D eigenvalue weighted by atomic mass is 32.3. The highest BCUT2D eigenvalue weighted by Gasteiger charge is 2.29. The molecule has 286 valence electrons. The number of fused-ring (bicyclic) bond motifs is 1. The van der Waals surface area contributed by atoms with Gasteiger partial charge in [-0.15, -0.1) is 20.5 Å². The maximum Gasteiger partial charge on any atom is 0.296 e. The van der Waals surface area contributed by atoms with Crippen molar-refractivity contribution in [1.82, 2.24) is 0 Å². The lowest BCUT2D eigenvalue weighted by molar-refractivity contribution is 0.376. The SMILES string of the molecule is Nc1ccc(N=Nc2ccc(N=Nc3c(S(O)(O)O)cc4cc(S(=O)(=O)O)c(N=Nc5ccc(N=Nc6ccc(N)cc6N)cc5)c(O)c4c3N)cc2)c(N)c1. The Kier molecular flexibility index (Phi) is 10.6. The third-order valence-electron chi connectivity index (χ3n) is 7.77. The predicted molar refractivity (Wildman–Crippen MR) is 214 cm³/mol. The van der Waals surface area contributed by atoms with Gasteiger partial charge in [-0.25, -0.2) is 0 Å². The number of anilines is 5. The smallest absolute Gasteiger partial charge is 0.296 e. The van der Waals surface area contributed by atoms with Crippen LogP contribution in [0.4, 0.5) is 73.9 Å². The van der Waals surface area contributed by atoms with Crippen LogP contribution in [0.3, 0.4) is 0 Å². The van der Waals surface area contributed by atoms with Crippen LogP contribution in [-0.2, 0) is 10.1 Å². The molecule has 22 heteroatoms. The van der Waals surface area contributed by atoms with E-state index >= 15 is 0 Å². The molecule has 0 spiro atoms. The average Bonchev–Trinajstić information content (AvgIpc) is 3.13. The Labute approximate surface area is 318 Å². The van der Waals surface area contributed by atoms with Crippen molar-refractivity contribution in [2.75, 3.05) is 28.7 Å². The van der Waals surface area contributed by atoms with Crippen LogP contribution in [-0.4, -0.2) is 31.7 Å². The number of rotatable bonds is 10. The number of hydrogen-bond donors (Lipinski definition) is 10. The van der Waals surface area contributed by atoms with Crippen LogP contribution in [0.5, 0.6) is 5.75 Å². The minimum absolute atomic E-state index is 0.172. The molecule has 0 aliphatic rings. The van der Waals surface area contributed by atoms with Crippen molar-refractivity contribution in [3.63, 3.8) is 0 Å². The summed E-state index contributed by atoms with van der Waals surface area (Å²) in [6, 6.07) is 23.4. The number of benzene rings is 6. The molecule has 6 aromatic rings. The van der Waals surface area contributed by atoms with Gasteiger partial charge in [-0.05, 0) is 102 Å². The molecule has 0 aliphatic carbocycles. The zero-order chi connectivity index (χ0) is 40.4. The lowest BCUT2D eigenvalue weighted by atomic mass is 10.1. The Balaban J connectivity index is 1.34. The molecule has 0 saturated carbocycles. The summed E-state index contributed by atoms with van der Waals surface area (Å²) in [4.78, 5) is -1.58. The van der Waals surface area contributed by atoms with Crippen molar-refractivity contribution >= 4 is 106 Å². The lowest BCUT2D eigenvalue weighted by Gasteiger charge is -2.23. The van der Waals surface area contributed by atoms with Crippen LogP contribution in [0.15, 0.2) is 148 Å². The summed E-state index contributed by atoms with van der Waals surface area (Å²) in [6.45, 7) is 0. The third kappa shape index (κ3) is 8.65. The largest absolute Gasteiger partial charge is 0.505 e. The Hall–Kier alpha value is -7.08. The van der Waals surface area contributed by atoms with Gasteiger partial charge in [0.05, 0.1) is 50.1 Å². The van der Waals surface area contributed by atoms with Gasteiger partial charge in [-0.1, -0.05) is 0 Å². The molecule has 0 aromatic heterocycles. The molecule has 15 N–H and O–H groups in total. The molecule has 0 bridgehead atoms. The quantitative estimate of drug-likeness (QED) is 0.0351. The first kappa shape index (κ1) is 38.6. The predicted octanol–water partition coefficient (Wildman–Crippen LogP) is 9.95. The van der Waals surface area contributed by atoms with Gasteiger partial charge in [0.2, 0.25) is 0 Å². The summed E-state index contributed by atoms with van der Waals surface area (Å²) in [5, 5.41) is 43.2. The van der Waals surface area contributed by atoms with Gasteiger partial charge in [-0.2, -0.15) is 28.9 Å². The Morgan fingerprint density at radius 1 is 0.464 bits per heavy atom. The van der Waals surface area contributed by atoms with Gasteiger partial charge in [-0.3, -0.25) is 4.55 Å². The Morgan fingerprint density at radius 2 is 0.857 bits per heavy atom. The van der Waals surface area contributed by atoms with Gasteiger partial charge in [0.1, 0.15) is 38.5 Å². The molecule has 0 saturated heterocycles. The van der Waals surface area contributed by atoms with Crippen molar-refractivity contribution < 1.29 is 31.7 Å². The van der Waals surface area contributed by atoms with E-state index < -0.39 is 53.6 Å². The second kappa shape index (κ2) is 15.3. The molecule has 0 unspecified atom stereocenters. The first-order valence-corrected chi connectivity index (χ1v) is 18.7. The fourth-order valence-electron chi connectivity index (χ4n) is 5.06. The Bertz CT molecular complexity index is 2720. The van der Waals surface area contributed by atoms with Crippen LogP contribution in [0.1, 0.15) is 0 Å². The number of hydrogen-bond acceptors (Lipinski definition) is 19. The van der Waals surface area contributed by atoms with Crippen molar-refractivity contribution in [3.8, 4) is 5.75 Å². The van der Waals surface area contributed by atoms with Crippen molar-refractivity contribution in [2.24, 2.45) is 40.9 Å². The van der Waals surface area contributed by atoms with E-state index in [0.29, 0.717) is 45.5 Å². The minimum Gasteiger partial charge on any atom is -0.505 e. The van der Waals surface area contributed by atoms with E-state index in [1.807, 2.05) is 0 Å². The van der Waals surface area contributed by atoms with Crippen LogP contribution in [0.2, 0.25) is 0 Å². The Morgan fingerprint density at radius 3 is 1.25 bits per heavy atom. The molecule has 6 rings (SSSR count). The fourth-order valence-corrected chi connectivity index (χ4v) is 6.41. The number of nitrogens with zero attached hydrogens (tertiary/aromatic N) is 8. The summed E-state index contributed by atoms with van der Waals surface area (Å²) in [7, 11) is -9.68.